The minimum absolute atomic E-state index is 0.137. The van der Waals surface area contributed by atoms with E-state index in [1.165, 1.54) is 0 Å². The zero-order valence-corrected chi connectivity index (χ0v) is 6.47. The molecule has 0 fully saturated rings. The van der Waals surface area contributed by atoms with Gasteiger partial charge in [-0.3, -0.25) is 0 Å². The van der Waals surface area contributed by atoms with Crippen LogP contribution >= 0.6 is 0 Å². The van der Waals surface area contributed by atoms with E-state index in [0.717, 1.165) is 12.4 Å². The Kier molecular flexibility index (Phi) is 2.52. The molecule has 1 rings (SSSR count). The van der Waals surface area contributed by atoms with Crippen molar-refractivity contribution in [3.05, 3.63) is 23.8 Å². The molecule has 0 aromatic carbocycles. The minimum Gasteiger partial charge on any atom is -0.240 e. The van der Waals surface area contributed by atoms with Crippen molar-refractivity contribution in [1.29, 1.82) is 0 Å². The summed E-state index contributed by atoms with van der Waals surface area (Å²) >= 11 is 0. The molecule has 68 valence electrons. The first kappa shape index (κ1) is 9.52. The van der Waals surface area contributed by atoms with Crippen molar-refractivity contribution in [3.63, 3.8) is 0 Å². The molecule has 0 radical (unpaired) electrons. The van der Waals surface area contributed by atoms with Crippen molar-refractivity contribution in [2.45, 2.75) is 12.6 Å². The van der Waals surface area contributed by atoms with Gasteiger partial charge in [0.05, 0.1) is 12.0 Å². The fourth-order valence-corrected chi connectivity index (χ4v) is 0.684. The molecule has 1 aromatic heterocycles. The van der Waals surface area contributed by atoms with Crippen LogP contribution in [0.5, 0.6) is 0 Å². The van der Waals surface area contributed by atoms with Gasteiger partial charge in [0, 0.05) is 12.4 Å². The van der Waals surface area contributed by atoms with Crippen LogP contribution in [0.15, 0.2) is 12.4 Å². The summed E-state index contributed by atoms with van der Waals surface area (Å²) in [5, 5.41) is 0. The van der Waals surface area contributed by atoms with Crippen LogP contribution in [0.25, 0.3) is 0 Å². The van der Waals surface area contributed by atoms with Crippen molar-refractivity contribution >= 4 is 0 Å². The molecule has 0 unspecified atom stereocenters. The normalized spacial score (nSPS) is 10.9. The third-order valence-corrected chi connectivity index (χ3v) is 1.29. The lowest BCUT2D eigenvalue weighted by molar-refractivity contribution is -0.138. The van der Waals surface area contributed by atoms with E-state index < -0.39 is 11.7 Å². The predicted octanol–water partition coefficient (Wildman–Crippen LogP) is 1.67. The Morgan fingerprint density at radius 1 is 1.31 bits per heavy atom. The summed E-state index contributed by atoms with van der Waals surface area (Å²) in [6.45, 7) is 0. The van der Waals surface area contributed by atoms with E-state index in [-0.39, 0.29) is 12.2 Å². The molecular formula is C8H5F3N2. The number of nitrogens with zero attached hydrogens (tertiary/aromatic N) is 2. The van der Waals surface area contributed by atoms with E-state index in [1.807, 2.05) is 0 Å². The zero-order chi connectivity index (χ0) is 9.90. The van der Waals surface area contributed by atoms with E-state index in [2.05, 4.69) is 15.9 Å². The Hall–Kier alpha value is -1.57. The van der Waals surface area contributed by atoms with Crippen molar-refractivity contribution < 1.29 is 13.2 Å². The average Bonchev–Trinajstić information content (AvgIpc) is 2.04. The van der Waals surface area contributed by atoms with Gasteiger partial charge in [-0.05, 0) is 0 Å². The summed E-state index contributed by atoms with van der Waals surface area (Å²) in [4.78, 5) is 6.92. The van der Waals surface area contributed by atoms with Gasteiger partial charge in [-0.25, -0.2) is 9.97 Å². The summed E-state index contributed by atoms with van der Waals surface area (Å²) < 4.78 is 36.0. The van der Waals surface area contributed by atoms with Crippen molar-refractivity contribution in [2.24, 2.45) is 0 Å². The highest BCUT2D eigenvalue weighted by molar-refractivity contribution is 5.11. The molecule has 0 aliphatic carbocycles. The second kappa shape index (κ2) is 3.44. The second-order valence-corrected chi connectivity index (χ2v) is 2.27. The maximum atomic E-state index is 12.0. The van der Waals surface area contributed by atoms with Crippen LogP contribution in [0.1, 0.15) is 11.4 Å². The number of rotatable bonds is 1. The molecule has 0 saturated heterocycles. The van der Waals surface area contributed by atoms with Crippen LogP contribution in [0.3, 0.4) is 0 Å². The summed E-state index contributed by atoms with van der Waals surface area (Å²) in [7, 11) is 0. The predicted molar refractivity (Wildman–Crippen MR) is 39.6 cm³/mol. The molecule has 0 spiro atoms. The Bertz CT molecular complexity index is 321. The number of aromatic nitrogens is 2. The van der Waals surface area contributed by atoms with Crippen LogP contribution in [0.4, 0.5) is 13.2 Å². The van der Waals surface area contributed by atoms with E-state index in [0.29, 0.717) is 0 Å². The molecule has 0 aliphatic heterocycles. The fourth-order valence-electron chi connectivity index (χ4n) is 0.684. The highest BCUT2D eigenvalue weighted by Crippen LogP contribution is 2.27. The first-order valence-corrected chi connectivity index (χ1v) is 3.35. The van der Waals surface area contributed by atoms with Gasteiger partial charge in [0.15, 0.2) is 0 Å². The molecule has 1 aromatic rings. The van der Waals surface area contributed by atoms with E-state index in [4.69, 9.17) is 6.42 Å². The molecule has 2 nitrogen and oxygen atoms in total. The Morgan fingerprint density at radius 2 is 1.85 bits per heavy atom. The zero-order valence-electron chi connectivity index (χ0n) is 6.47. The largest absolute Gasteiger partial charge is 0.419 e. The maximum absolute atomic E-state index is 12.0. The van der Waals surface area contributed by atoms with Gasteiger partial charge in [-0.15, -0.1) is 6.42 Å². The van der Waals surface area contributed by atoms with Crippen molar-refractivity contribution in [3.8, 4) is 12.3 Å². The lowest BCUT2D eigenvalue weighted by Gasteiger charge is -2.04. The first-order chi connectivity index (χ1) is 6.04. The monoisotopic (exact) mass is 186 g/mol. The second-order valence-electron chi connectivity index (χ2n) is 2.27. The lowest BCUT2D eigenvalue weighted by Crippen LogP contribution is -2.07. The quantitative estimate of drug-likeness (QED) is 0.623. The van der Waals surface area contributed by atoms with Gasteiger partial charge in [0.2, 0.25) is 0 Å². The minimum atomic E-state index is -4.39. The van der Waals surface area contributed by atoms with Gasteiger partial charge >= 0.3 is 6.18 Å². The fraction of sp³-hybridized carbons (Fsp3) is 0.250. The molecule has 0 bridgehead atoms. The van der Waals surface area contributed by atoms with Gasteiger partial charge in [-0.2, -0.15) is 13.2 Å². The Labute approximate surface area is 72.8 Å². The summed E-state index contributed by atoms with van der Waals surface area (Å²) in [6.07, 6.45) is 2.12. The number of alkyl halides is 3. The number of hydrogen-bond acceptors (Lipinski definition) is 2. The third kappa shape index (κ3) is 2.44. The summed E-state index contributed by atoms with van der Waals surface area (Å²) in [5.74, 6) is 2.45. The van der Waals surface area contributed by atoms with Gasteiger partial charge in [0.1, 0.15) is 5.82 Å². The van der Waals surface area contributed by atoms with Gasteiger partial charge < -0.3 is 0 Å². The van der Waals surface area contributed by atoms with Crippen LogP contribution in [-0.2, 0) is 12.6 Å². The molecule has 0 aliphatic rings. The SMILES string of the molecule is C#CCc1ncc(C(F)(F)F)cn1. The number of hydrogen-bond donors (Lipinski definition) is 0. The van der Waals surface area contributed by atoms with Crippen LogP contribution in [0, 0.1) is 12.3 Å². The molecule has 13 heavy (non-hydrogen) atoms. The highest BCUT2D eigenvalue weighted by atomic mass is 19.4. The summed E-state index contributed by atoms with van der Waals surface area (Å²) in [6, 6.07) is 0. The molecule has 0 N–H and O–H groups in total. The third-order valence-electron chi connectivity index (χ3n) is 1.29. The lowest BCUT2D eigenvalue weighted by atomic mass is 10.3. The highest BCUT2D eigenvalue weighted by Gasteiger charge is 2.31. The smallest absolute Gasteiger partial charge is 0.240 e. The van der Waals surface area contributed by atoms with Crippen LogP contribution in [0.2, 0.25) is 0 Å². The Balaban J connectivity index is 2.89. The molecule has 1 heterocycles. The summed E-state index contributed by atoms with van der Waals surface area (Å²) in [5.41, 5.74) is -0.867. The van der Waals surface area contributed by atoms with Crippen LogP contribution in [-0.4, -0.2) is 9.97 Å². The van der Waals surface area contributed by atoms with Crippen LogP contribution < -0.4 is 0 Å². The first-order valence-electron chi connectivity index (χ1n) is 3.35. The topological polar surface area (TPSA) is 25.8 Å². The Morgan fingerprint density at radius 3 is 2.23 bits per heavy atom. The molecule has 5 heteroatoms. The average molecular weight is 186 g/mol. The van der Waals surface area contributed by atoms with Crippen molar-refractivity contribution in [1.82, 2.24) is 9.97 Å². The van der Waals surface area contributed by atoms with Gasteiger partial charge in [0.25, 0.3) is 0 Å². The van der Waals surface area contributed by atoms with E-state index in [9.17, 15) is 13.2 Å². The van der Waals surface area contributed by atoms with Crippen molar-refractivity contribution in [2.75, 3.05) is 0 Å². The molecule has 0 saturated carbocycles. The van der Waals surface area contributed by atoms with E-state index in [1.54, 1.807) is 0 Å². The molecular weight excluding hydrogens is 181 g/mol. The van der Waals surface area contributed by atoms with Gasteiger partial charge in [-0.1, -0.05) is 5.92 Å². The standard InChI is InChI=1S/C8H5F3N2/c1-2-3-7-12-4-6(5-13-7)8(9,10)11/h1,4-5H,3H2. The molecule has 0 amide bonds. The van der Waals surface area contributed by atoms with E-state index >= 15 is 0 Å². The number of terminal acetylenes is 1. The number of halogens is 3. The maximum Gasteiger partial charge on any atom is 0.419 e. The molecule has 0 atom stereocenters.